The van der Waals surface area contributed by atoms with E-state index in [-0.39, 0.29) is 0 Å². The Kier molecular flexibility index (Phi) is 3.01. The fourth-order valence-corrected chi connectivity index (χ4v) is 2.33. The maximum absolute atomic E-state index is 5.78. The van der Waals surface area contributed by atoms with E-state index < -0.39 is 0 Å². The van der Waals surface area contributed by atoms with Crippen LogP contribution in [0.2, 0.25) is 0 Å². The lowest BCUT2D eigenvalue weighted by Gasteiger charge is -2.33. The average molecular weight is 169 g/mol. The van der Waals surface area contributed by atoms with Gasteiger partial charge in [0.25, 0.3) is 0 Å². The topological polar surface area (TPSA) is 21.3 Å². The zero-order chi connectivity index (χ0) is 8.23. The Balaban J connectivity index is 1.80. The van der Waals surface area contributed by atoms with Crippen LogP contribution in [0.3, 0.4) is 0 Å². The van der Waals surface area contributed by atoms with Gasteiger partial charge < -0.3 is 10.1 Å². The summed E-state index contributed by atoms with van der Waals surface area (Å²) in [5.74, 6) is 0.805. The molecule has 2 aliphatic heterocycles. The van der Waals surface area contributed by atoms with Gasteiger partial charge >= 0.3 is 0 Å². The molecule has 0 aliphatic carbocycles. The fraction of sp³-hybridized carbons (Fsp3) is 1.00. The Morgan fingerprint density at radius 1 is 1.08 bits per heavy atom. The van der Waals surface area contributed by atoms with E-state index in [1.54, 1.807) is 0 Å². The van der Waals surface area contributed by atoms with Gasteiger partial charge in [-0.25, -0.2) is 0 Å². The van der Waals surface area contributed by atoms with Gasteiger partial charge in [0.1, 0.15) is 0 Å². The van der Waals surface area contributed by atoms with Crippen molar-refractivity contribution in [2.45, 2.75) is 38.2 Å². The minimum Gasteiger partial charge on any atom is -0.378 e. The summed E-state index contributed by atoms with van der Waals surface area (Å²) in [6.45, 7) is 3.40. The van der Waals surface area contributed by atoms with Gasteiger partial charge in [0.2, 0.25) is 0 Å². The van der Waals surface area contributed by atoms with Crippen molar-refractivity contribution in [3.63, 3.8) is 0 Å². The second kappa shape index (κ2) is 4.24. The number of ether oxygens (including phenoxy) is 1. The lowest BCUT2D eigenvalue weighted by molar-refractivity contribution is -0.0265. The lowest BCUT2D eigenvalue weighted by atomic mass is 9.89. The summed E-state index contributed by atoms with van der Waals surface area (Å²) in [7, 11) is 0. The molecule has 0 aromatic carbocycles. The third-order valence-electron chi connectivity index (χ3n) is 3.08. The van der Waals surface area contributed by atoms with Crippen LogP contribution in [0.4, 0.5) is 0 Å². The first-order chi connectivity index (χ1) is 5.97. The molecule has 70 valence electrons. The van der Waals surface area contributed by atoms with Crippen LogP contribution in [0.1, 0.15) is 32.1 Å². The van der Waals surface area contributed by atoms with Crippen LogP contribution in [-0.4, -0.2) is 25.8 Å². The van der Waals surface area contributed by atoms with Crippen molar-refractivity contribution in [2.24, 2.45) is 5.92 Å². The van der Waals surface area contributed by atoms with E-state index in [2.05, 4.69) is 5.32 Å². The lowest BCUT2D eigenvalue weighted by Crippen LogP contribution is -2.39. The van der Waals surface area contributed by atoms with E-state index >= 15 is 0 Å². The summed E-state index contributed by atoms with van der Waals surface area (Å²) in [4.78, 5) is 0. The fourth-order valence-electron chi connectivity index (χ4n) is 2.33. The van der Waals surface area contributed by atoms with E-state index in [9.17, 15) is 0 Å². The number of piperidine rings is 1. The highest BCUT2D eigenvalue weighted by Crippen LogP contribution is 2.24. The molecule has 2 atom stereocenters. The van der Waals surface area contributed by atoms with Crippen molar-refractivity contribution in [3.05, 3.63) is 0 Å². The molecule has 0 unspecified atom stereocenters. The molecule has 0 aromatic heterocycles. The van der Waals surface area contributed by atoms with Crippen molar-refractivity contribution in [1.29, 1.82) is 0 Å². The van der Waals surface area contributed by atoms with Crippen molar-refractivity contribution in [3.8, 4) is 0 Å². The largest absolute Gasteiger partial charge is 0.378 e. The first-order valence-corrected chi connectivity index (χ1v) is 5.29. The Bertz CT molecular complexity index is 110. The highest BCUT2D eigenvalue weighted by molar-refractivity contribution is 4.78. The van der Waals surface area contributed by atoms with Crippen LogP contribution in [0, 0.1) is 5.92 Å². The Morgan fingerprint density at radius 2 is 2.08 bits per heavy atom. The molecule has 0 amide bonds. The van der Waals surface area contributed by atoms with Gasteiger partial charge in [-0.2, -0.15) is 0 Å². The molecule has 2 rings (SSSR count). The van der Waals surface area contributed by atoms with Crippen molar-refractivity contribution >= 4 is 0 Å². The molecular weight excluding hydrogens is 150 g/mol. The summed E-state index contributed by atoms with van der Waals surface area (Å²) in [5, 5.41) is 3.45. The van der Waals surface area contributed by atoms with Gasteiger partial charge in [-0.05, 0) is 44.6 Å². The predicted molar refractivity (Wildman–Crippen MR) is 49.2 cm³/mol. The quantitative estimate of drug-likeness (QED) is 0.643. The SMILES string of the molecule is C1CC[C@@H]([C@H]2CCCNC2)OC1. The minimum absolute atomic E-state index is 0.576. The molecule has 0 radical (unpaired) electrons. The smallest absolute Gasteiger partial charge is 0.0615 e. The van der Waals surface area contributed by atoms with Gasteiger partial charge in [0.05, 0.1) is 6.10 Å². The highest BCUT2D eigenvalue weighted by Gasteiger charge is 2.25. The van der Waals surface area contributed by atoms with Crippen molar-refractivity contribution in [2.75, 3.05) is 19.7 Å². The third-order valence-corrected chi connectivity index (χ3v) is 3.08. The monoisotopic (exact) mass is 169 g/mol. The molecule has 0 saturated carbocycles. The van der Waals surface area contributed by atoms with Gasteiger partial charge in [-0.3, -0.25) is 0 Å². The molecule has 0 spiro atoms. The van der Waals surface area contributed by atoms with Crippen LogP contribution in [0.5, 0.6) is 0 Å². The molecule has 2 nitrogen and oxygen atoms in total. The molecule has 2 heterocycles. The van der Waals surface area contributed by atoms with Gasteiger partial charge in [0, 0.05) is 13.2 Å². The Hall–Kier alpha value is -0.0800. The first-order valence-electron chi connectivity index (χ1n) is 5.29. The van der Waals surface area contributed by atoms with Crippen LogP contribution < -0.4 is 5.32 Å². The predicted octanol–water partition coefficient (Wildman–Crippen LogP) is 1.56. The number of hydrogen-bond acceptors (Lipinski definition) is 2. The third kappa shape index (κ3) is 1.99. The Labute approximate surface area is 74.7 Å². The van der Waals surface area contributed by atoms with E-state index in [4.69, 9.17) is 4.74 Å². The number of rotatable bonds is 1. The number of hydrogen-bond donors (Lipinski definition) is 1. The van der Waals surface area contributed by atoms with Gasteiger partial charge in [-0.15, -0.1) is 0 Å². The second-order valence-corrected chi connectivity index (χ2v) is 4.01. The summed E-state index contributed by atoms with van der Waals surface area (Å²) >= 11 is 0. The van der Waals surface area contributed by atoms with E-state index in [0.29, 0.717) is 6.10 Å². The van der Waals surface area contributed by atoms with Gasteiger partial charge in [-0.1, -0.05) is 0 Å². The maximum atomic E-state index is 5.78. The molecule has 0 aromatic rings. The molecule has 2 aliphatic rings. The minimum atomic E-state index is 0.576. The van der Waals surface area contributed by atoms with Crippen LogP contribution in [0.15, 0.2) is 0 Å². The molecule has 0 bridgehead atoms. The summed E-state index contributed by atoms with van der Waals surface area (Å²) in [6, 6.07) is 0. The van der Waals surface area contributed by atoms with E-state index in [1.807, 2.05) is 0 Å². The molecular formula is C10H19NO. The highest BCUT2D eigenvalue weighted by atomic mass is 16.5. The summed E-state index contributed by atoms with van der Waals surface area (Å²) in [5.41, 5.74) is 0. The summed E-state index contributed by atoms with van der Waals surface area (Å²) < 4.78 is 5.78. The van der Waals surface area contributed by atoms with E-state index in [1.165, 1.54) is 45.2 Å². The molecule has 2 fully saturated rings. The average Bonchev–Trinajstić information content (AvgIpc) is 2.21. The van der Waals surface area contributed by atoms with Gasteiger partial charge in [0.15, 0.2) is 0 Å². The maximum Gasteiger partial charge on any atom is 0.0615 e. The Morgan fingerprint density at radius 3 is 2.75 bits per heavy atom. The van der Waals surface area contributed by atoms with Crippen LogP contribution >= 0.6 is 0 Å². The normalized spacial score (nSPS) is 38.0. The standard InChI is InChI=1S/C10H19NO/c1-2-7-12-10(5-1)9-4-3-6-11-8-9/h9-11H,1-8H2/t9-,10-/m0/s1. The molecule has 1 N–H and O–H groups in total. The zero-order valence-corrected chi connectivity index (χ0v) is 7.72. The molecule has 2 saturated heterocycles. The molecule has 2 heteroatoms. The van der Waals surface area contributed by atoms with E-state index in [0.717, 1.165) is 12.5 Å². The zero-order valence-electron chi connectivity index (χ0n) is 7.72. The second-order valence-electron chi connectivity index (χ2n) is 4.01. The summed E-state index contributed by atoms with van der Waals surface area (Å²) in [6.07, 6.45) is 7.23. The van der Waals surface area contributed by atoms with Crippen molar-refractivity contribution < 1.29 is 4.74 Å². The molecule has 12 heavy (non-hydrogen) atoms. The number of nitrogens with one attached hydrogen (secondary N) is 1. The van der Waals surface area contributed by atoms with Crippen molar-refractivity contribution in [1.82, 2.24) is 5.32 Å². The first kappa shape index (κ1) is 8.52. The van der Waals surface area contributed by atoms with Crippen LogP contribution in [-0.2, 0) is 4.74 Å². The van der Waals surface area contributed by atoms with Crippen LogP contribution in [0.25, 0.3) is 0 Å².